The molecule has 0 spiro atoms. The molecule has 1 aliphatic carbocycles. The molecule has 1 saturated carbocycles. The molecule has 4 nitrogen and oxygen atoms in total. The van der Waals surface area contributed by atoms with Gasteiger partial charge in [-0.1, -0.05) is 16.7 Å². The number of rotatable bonds is 1. The van der Waals surface area contributed by atoms with Crippen LogP contribution in [0, 0.1) is 5.92 Å². The van der Waals surface area contributed by atoms with Crippen molar-refractivity contribution in [3.63, 3.8) is 0 Å². The number of nitrogens with zero attached hydrogens (tertiary/aromatic N) is 2. The topological polar surface area (TPSA) is 65.2 Å². The predicted octanol–water partition coefficient (Wildman–Crippen LogP) is 1.86. The summed E-state index contributed by atoms with van der Waals surface area (Å²) in [5, 5.41) is 23.6. The molecule has 0 saturated heterocycles. The van der Waals surface area contributed by atoms with Crippen LogP contribution in [0.4, 0.5) is 0 Å². The average Bonchev–Trinajstić information content (AvgIpc) is 2.16. The number of hydrogen-bond acceptors (Lipinski definition) is 4. The minimum Gasteiger partial charge on any atom is -0.411 e. The van der Waals surface area contributed by atoms with Gasteiger partial charge in [0, 0.05) is 5.92 Å². The fraction of sp³-hybridized carbons (Fsp3) is 0.750. The maximum absolute atomic E-state index is 8.66. The van der Waals surface area contributed by atoms with Crippen molar-refractivity contribution in [1.29, 1.82) is 0 Å². The van der Waals surface area contributed by atoms with E-state index in [1.807, 2.05) is 0 Å². The third-order valence-corrected chi connectivity index (χ3v) is 2.37. The third-order valence-electron chi connectivity index (χ3n) is 2.37. The zero-order valence-corrected chi connectivity index (χ0v) is 7.19. The van der Waals surface area contributed by atoms with Gasteiger partial charge in [0.1, 0.15) is 0 Å². The maximum atomic E-state index is 8.66. The zero-order valence-electron chi connectivity index (χ0n) is 7.19. The van der Waals surface area contributed by atoms with Crippen molar-refractivity contribution >= 4 is 11.4 Å². The van der Waals surface area contributed by atoms with E-state index in [0.29, 0.717) is 5.71 Å². The highest BCUT2D eigenvalue weighted by Crippen LogP contribution is 2.22. The monoisotopic (exact) mass is 170 g/mol. The largest absolute Gasteiger partial charge is 0.411 e. The molecule has 0 amide bonds. The Morgan fingerprint density at radius 2 is 2.17 bits per heavy atom. The first-order valence-corrected chi connectivity index (χ1v) is 4.19. The van der Waals surface area contributed by atoms with Gasteiger partial charge in [-0.3, -0.25) is 0 Å². The van der Waals surface area contributed by atoms with E-state index in [0.717, 1.165) is 31.4 Å². The van der Waals surface area contributed by atoms with Crippen LogP contribution in [0.2, 0.25) is 0 Å². The van der Waals surface area contributed by atoms with E-state index in [1.54, 1.807) is 6.92 Å². The molecule has 2 N–H and O–H groups in total. The Morgan fingerprint density at radius 3 is 2.75 bits per heavy atom. The zero-order chi connectivity index (χ0) is 8.97. The van der Waals surface area contributed by atoms with Crippen molar-refractivity contribution in [2.24, 2.45) is 16.2 Å². The fourth-order valence-corrected chi connectivity index (χ4v) is 1.63. The summed E-state index contributed by atoms with van der Waals surface area (Å²) in [5.41, 5.74) is 1.39. The lowest BCUT2D eigenvalue weighted by Gasteiger charge is -2.21. The molecule has 1 rings (SSSR count). The molecule has 0 aromatic rings. The van der Waals surface area contributed by atoms with Crippen LogP contribution in [0.5, 0.6) is 0 Å². The summed E-state index contributed by atoms with van der Waals surface area (Å²) in [6.45, 7) is 1.75. The van der Waals surface area contributed by atoms with E-state index in [4.69, 9.17) is 10.4 Å². The molecule has 0 radical (unpaired) electrons. The van der Waals surface area contributed by atoms with Crippen LogP contribution in [0.1, 0.15) is 32.6 Å². The Balaban J connectivity index is 2.72. The van der Waals surface area contributed by atoms with Gasteiger partial charge in [-0.05, 0) is 26.2 Å². The molecule has 0 aromatic carbocycles. The molecular weight excluding hydrogens is 156 g/mol. The Labute approximate surface area is 71.6 Å². The molecule has 0 bridgehead atoms. The van der Waals surface area contributed by atoms with Crippen LogP contribution in [0.25, 0.3) is 0 Å². The van der Waals surface area contributed by atoms with Gasteiger partial charge in [-0.25, -0.2) is 0 Å². The van der Waals surface area contributed by atoms with Gasteiger partial charge in [0.2, 0.25) is 0 Å². The van der Waals surface area contributed by atoms with Gasteiger partial charge in [0.25, 0.3) is 0 Å². The molecule has 0 aromatic heterocycles. The van der Waals surface area contributed by atoms with E-state index in [-0.39, 0.29) is 5.92 Å². The summed E-state index contributed by atoms with van der Waals surface area (Å²) in [6.07, 6.45) is 3.91. The second kappa shape index (κ2) is 4.09. The van der Waals surface area contributed by atoms with Crippen molar-refractivity contribution in [2.45, 2.75) is 32.6 Å². The van der Waals surface area contributed by atoms with E-state index in [9.17, 15) is 0 Å². The molecule has 1 atom stereocenters. The Kier molecular flexibility index (Phi) is 3.08. The molecule has 4 heteroatoms. The van der Waals surface area contributed by atoms with Crippen molar-refractivity contribution in [3.05, 3.63) is 0 Å². The first kappa shape index (κ1) is 9.03. The summed E-state index contributed by atoms with van der Waals surface area (Å²) in [6, 6.07) is 0. The van der Waals surface area contributed by atoms with E-state index >= 15 is 0 Å². The maximum Gasteiger partial charge on any atom is 0.0658 e. The highest BCUT2D eigenvalue weighted by molar-refractivity contribution is 6.06. The van der Waals surface area contributed by atoms with Crippen LogP contribution < -0.4 is 0 Å². The van der Waals surface area contributed by atoms with E-state index < -0.39 is 0 Å². The summed E-state index contributed by atoms with van der Waals surface area (Å²) >= 11 is 0. The van der Waals surface area contributed by atoms with E-state index in [1.165, 1.54) is 0 Å². The minimum atomic E-state index is 0.0498. The van der Waals surface area contributed by atoms with Gasteiger partial charge >= 0.3 is 0 Å². The minimum absolute atomic E-state index is 0.0498. The summed E-state index contributed by atoms with van der Waals surface area (Å²) in [4.78, 5) is 0. The van der Waals surface area contributed by atoms with Crippen molar-refractivity contribution in [2.75, 3.05) is 0 Å². The van der Waals surface area contributed by atoms with Crippen molar-refractivity contribution in [3.8, 4) is 0 Å². The van der Waals surface area contributed by atoms with Gasteiger partial charge < -0.3 is 10.4 Å². The fourth-order valence-electron chi connectivity index (χ4n) is 1.63. The van der Waals surface area contributed by atoms with Crippen LogP contribution in [-0.4, -0.2) is 21.8 Å². The van der Waals surface area contributed by atoms with Gasteiger partial charge in [-0.2, -0.15) is 0 Å². The number of oxime groups is 2. The normalized spacial score (nSPS) is 29.2. The number of hydrogen-bond donors (Lipinski definition) is 2. The van der Waals surface area contributed by atoms with Gasteiger partial charge in [-0.15, -0.1) is 0 Å². The Morgan fingerprint density at radius 1 is 1.42 bits per heavy atom. The molecule has 1 aliphatic rings. The van der Waals surface area contributed by atoms with E-state index in [2.05, 4.69) is 10.3 Å². The lowest BCUT2D eigenvalue weighted by Crippen LogP contribution is -2.25. The summed E-state index contributed by atoms with van der Waals surface area (Å²) in [5.74, 6) is 0.0498. The molecule has 0 heterocycles. The van der Waals surface area contributed by atoms with Crippen LogP contribution in [0.3, 0.4) is 0 Å². The first-order valence-electron chi connectivity index (χ1n) is 4.19. The van der Waals surface area contributed by atoms with Crippen LogP contribution >= 0.6 is 0 Å². The van der Waals surface area contributed by atoms with Gasteiger partial charge in [0.15, 0.2) is 0 Å². The summed E-state index contributed by atoms with van der Waals surface area (Å²) in [7, 11) is 0. The quantitative estimate of drug-likeness (QED) is 0.358. The van der Waals surface area contributed by atoms with Crippen LogP contribution in [0.15, 0.2) is 10.3 Å². The molecule has 1 unspecified atom stereocenters. The van der Waals surface area contributed by atoms with Gasteiger partial charge in [0.05, 0.1) is 11.4 Å². The second-order valence-corrected chi connectivity index (χ2v) is 3.13. The Hall–Kier alpha value is -1.06. The lowest BCUT2D eigenvalue weighted by atomic mass is 9.84. The third kappa shape index (κ3) is 1.75. The molecule has 0 aliphatic heterocycles. The average molecular weight is 170 g/mol. The highest BCUT2D eigenvalue weighted by Gasteiger charge is 2.23. The standard InChI is InChI=1S/C8H14N2O2/c1-6(9-11)7-4-2-3-5-8(7)10-12/h7,11-12H,2-5H2,1H3. The summed E-state index contributed by atoms with van der Waals surface area (Å²) < 4.78 is 0. The van der Waals surface area contributed by atoms with Crippen molar-refractivity contribution in [1.82, 2.24) is 0 Å². The molecule has 68 valence electrons. The molecular formula is C8H14N2O2. The first-order chi connectivity index (χ1) is 5.79. The molecule has 1 fully saturated rings. The smallest absolute Gasteiger partial charge is 0.0658 e. The molecule has 12 heavy (non-hydrogen) atoms. The SMILES string of the molecule is CC(=NO)C1CCCCC1=NO. The van der Waals surface area contributed by atoms with Crippen LogP contribution in [-0.2, 0) is 0 Å². The highest BCUT2D eigenvalue weighted by atomic mass is 16.4. The lowest BCUT2D eigenvalue weighted by molar-refractivity contribution is 0.307. The Bertz CT molecular complexity index is 211. The second-order valence-electron chi connectivity index (χ2n) is 3.13. The predicted molar refractivity (Wildman–Crippen MR) is 46.1 cm³/mol. The van der Waals surface area contributed by atoms with Crippen molar-refractivity contribution < 1.29 is 10.4 Å².